The van der Waals surface area contributed by atoms with E-state index in [0.29, 0.717) is 11.1 Å². The minimum atomic E-state index is -1.36. The number of nitrogens with one attached hydrogen (secondary N) is 1. The second-order valence-electron chi connectivity index (χ2n) is 9.71. The van der Waals surface area contributed by atoms with Crippen molar-refractivity contribution in [2.75, 3.05) is 26.3 Å². The second kappa shape index (κ2) is 14.9. The van der Waals surface area contributed by atoms with Crippen LogP contribution in [0.1, 0.15) is 63.8 Å². The van der Waals surface area contributed by atoms with Crippen molar-refractivity contribution in [2.24, 2.45) is 0 Å². The molecule has 3 amide bonds. The molecule has 3 aromatic carbocycles. The van der Waals surface area contributed by atoms with Gasteiger partial charge in [0.25, 0.3) is 23.2 Å². The topological polar surface area (TPSA) is 188 Å². The monoisotopic (exact) mass is 620 g/mol. The Morgan fingerprint density at radius 3 is 1.91 bits per heavy atom. The van der Waals surface area contributed by atoms with Crippen LogP contribution in [0.25, 0.3) is 0 Å². The molecule has 45 heavy (non-hydrogen) atoms. The highest BCUT2D eigenvalue weighted by Crippen LogP contribution is 2.40. The van der Waals surface area contributed by atoms with Crippen LogP contribution in [0.4, 0.5) is 11.4 Å². The maximum absolute atomic E-state index is 12.5. The van der Waals surface area contributed by atoms with Gasteiger partial charge < -0.3 is 14.8 Å². The average molecular weight is 621 g/mol. The Morgan fingerprint density at radius 2 is 1.36 bits per heavy atom. The largest absolute Gasteiger partial charge is 0.356 e. The molecule has 0 atom stereocenters. The molecule has 5 rings (SSSR count). The summed E-state index contributed by atoms with van der Waals surface area (Å²) in [4.78, 5) is 69.5. The fraction of sp³-hybridized carbons (Fsp3) is 0.290. The smallest absolute Gasteiger partial charge is 0.280 e. The van der Waals surface area contributed by atoms with E-state index in [0.717, 1.165) is 4.90 Å². The molecule has 1 fully saturated rings. The first-order valence-corrected chi connectivity index (χ1v) is 13.5. The van der Waals surface area contributed by atoms with Crippen LogP contribution < -0.4 is 5.32 Å². The second-order valence-corrected chi connectivity index (χ2v) is 9.71. The number of nitrogens with zero attached hydrogens (tertiary/aromatic N) is 3. The molecule has 2 aliphatic heterocycles. The van der Waals surface area contributed by atoms with Crippen molar-refractivity contribution in [3.05, 3.63) is 115 Å². The fourth-order valence-electron chi connectivity index (χ4n) is 4.90. The summed E-state index contributed by atoms with van der Waals surface area (Å²) in [5.74, 6) is -2.72. The molecule has 14 nitrogen and oxygen atoms in total. The molecule has 14 heteroatoms. The Hall–Kier alpha value is -5.34. The van der Waals surface area contributed by atoms with Gasteiger partial charge in [0.15, 0.2) is 5.78 Å². The Labute approximate surface area is 258 Å². The number of rotatable bonds is 10. The minimum Gasteiger partial charge on any atom is -0.356 e. The summed E-state index contributed by atoms with van der Waals surface area (Å²) in [6, 6.07) is 18.6. The number of carbonyl (C=O) groups is 4. The molecule has 0 unspecified atom stereocenters. The first kappa shape index (κ1) is 34.2. The van der Waals surface area contributed by atoms with E-state index in [9.17, 15) is 39.4 Å². The van der Waals surface area contributed by atoms with E-state index in [-0.39, 0.29) is 92.6 Å². The molecule has 0 radical (unpaired) electrons. The van der Waals surface area contributed by atoms with Crippen molar-refractivity contribution in [3.8, 4) is 0 Å². The predicted octanol–water partition coefficient (Wildman–Crippen LogP) is 4.42. The van der Waals surface area contributed by atoms with E-state index in [2.05, 4.69) is 5.32 Å². The van der Waals surface area contributed by atoms with Crippen LogP contribution in [-0.4, -0.2) is 64.6 Å². The van der Waals surface area contributed by atoms with E-state index in [1.54, 1.807) is 48.5 Å². The Kier molecular flexibility index (Phi) is 11.3. The van der Waals surface area contributed by atoms with Crippen molar-refractivity contribution >= 4 is 34.9 Å². The van der Waals surface area contributed by atoms with Gasteiger partial charge in [-0.2, -0.15) is 0 Å². The summed E-state index contributed by atoms with van der Waals surface area (Å²) in [6.45, 7) is 2.09. The molecule has 0 spiro atoms. The summed E-state index contributed by atoms with van der Waals surface area (Å²) in [5.41, 5.74) is 0.736. The van der Waals surface area contributed by atoms with Crippen LogP contribution in [0.2, 0.25) is 0 Å². The van der Waals surface area contributed by atoms with E-state index in [4.69, 9.17) is 9.47 Å². The van der Waals surface area contributed by atoms with Crippen molar-refractivity contribution in [1.29, 1.82) is 0 Å². The zero-order chi connectivity index (χ0) is 31.9. The Morgan fingerprint density at radius 1 is 0.844 bits per heavy atom. The quantitative estimate of drug-likeness (QED) is 0.147. The highest BCUT2D eigenvalue weighted by Gasteiger charge is 2.45. The lowest BCUT2D eigenvalue weighted by Crippen LogP contribution is -2.37. The number of para-hydroxylation sites is 2. The van der Waals surface area contributed by atoms with E-state index < -0.39 is 15.6 Å². The third-order valence-electron chi connectivity index (χ3n) is 6.93. The van der Waals surface area contributed by atoms with Crippen molar-refractivity contribution in [2.45, 2.75) is 33.0 Å². The lowest BCUT2D eigenvalue weighted by molar-refractivity contribution is -0.388. The van der Waals surface area contributed by atoms with Gasteiger partial charge in [0.05, 0.1) is 45.3 Å². The summed E-state index contributed by atoms with van der Waals surface area (Å²) in [7, 11) is 0. The SMILES string of the molecule is C.CC(=O)NCCC(=O)c1ccccc1[N+](=O)[O-].O=C1c2ccccc2C(=O)N1CCC1(c2ccccc2[N+](=O)[O-])OCCO1. The molecule has 2 heterocycles. The number of hydrogen-bond acceptors (Lipinski definition) is 10. The van der Waals surface area contributed by atoms with Gasteiger partial charge in [-0.05, 0) is 24.3 Å². The number of nitro groups is 2. The third kappa shape index (κ3) is 7.60. The average Bonchev–Trinajstić information content (AvgIpc) is 3.59. The number of benzene rings is 3. The zero-order valence-corrected chi connectivity index (χ0v) is 23.6. The number of Topliss-reactive ketones (excluding diaryl/α,β-unsaturated/α-hetero) is 1. The maximum atomic E-state index is 12.5. The first-order valence-electron chi connectivity index (χ1n) is 13.5. The number of nitro benzene ring substituents is 2. The van der Waals surface area contributed by atoms with Gasteiger partial charge >= 0.3 is 0 Å². The van der Waals surface area contributed by atoms with Crippen molar-refractivity contribution in [1.82, 2.24) is 10.2 Å². The lowest BCUT2D eigenvalue weighted by Gasteiger charge is -2.29. The lowest BCUT2D eigenvalue weighted by atomic mass is 10.00. The summed E-state index contributed by atoms with van der Waals surface area (Å²) < 4.78 is 11.5. The summed E-state index contributed by atoms with van der Waals surface area (Å²) >= 11 is 0. The number of imide groups is 1. The predicted molar refractivity (Wildman–Crippen MR) is 161 cm³/mol. The van der Waals surface area contributed by atoms with Crippen molar-refractivity contribution in [3.63, 3.8) is 0 Å². The number of amides is 3. The molecule has 0 aliphatic carbocycles. The van der Waals surface area contributed by atoms with E-state index in [1.807, 2.05) is 0 Å². The summed E-state index contributed by atoms with van der Waals surface area (Å²) in [6.07, 6.45) is 0.147. The third-order valence-corrected chi connectivity index (χ3v) is 6.93. The molecule has 1 saturated heterocycles. The molecular formula is C31H32N4O10. The molecule has 1 N–H and O–H groups in total. The van der Waals surface area contributed by atoms with E-state index >= 15 is 0 Å². The minimum absolute atomic E-state index is 0. The first-order chi connectivity index (χ1) is 21.1. The van der Waals surface area contributed by atoms with Gasteiger partial charge in [-0.15, -0.1) is 0 Å². The van der Waals surface area contributed by atoms with Crippen LogP contribution in [0, 0.1) is 20.2 Å². The highest BCUT2D eigenvalue weighted by molar-refractivity contribution is 6.21. The molecule has 3 aromatic rings. The zero-order valence-electron chi connectivity index (χ0n) is 23.6. The van der Waals surface area contributed by atoms with Gasteiger partial charge in [-0.1, -0.05) is 43.8 Å². The van der Waals surface area contributed by atoms with Crippen molar-refractivity contribution < 1.29 is 38.5 Å². The molecule has 0 bridgehead atoms. The fourth-order valence-corrected chi connectivity index (χ4v) is 4.90. The van der Waals surface area contributed by atoms with Gasteiger partial charge in [-0.3, -0.25) is 44.3 Å². The van der Waals surface area contributed by atoms with Crippen LogP contribution >= 0.6 is 0 Å². The van der Waals surface area contributed by atoms with Crippen LogP contribution in [0.3, 0.4) is 0 Å². The maximum Gasteiger partial charge on any atom is 0.280 e. The normalized spacial score (nSPS) is 14.5. The molecule has 0 aromatic heterocycles. The number of carbonyl (C=O) groups excluding carboxylic acids is 4. The molecule has 236 valence electrons. The van der Waals surface area contributed by atoms with E-state index in [1.165, 1.54) is 31.2 Å². The highest BCUT2D eigenvalue weighted by atomic mass is 16.7. The molecule has 0 saturated carbocycles. The Bertz CT molecular complexity index is 1580. The number of ketones is 1. The number of fused-ring (bicyclic) bond motifs is 1. The van der Waals surface area contributed by atoms with Gasteiger partial charge in [-0.25, -0.2) is 0 Å². The molecule has 2 aliphatic rings. The molecular weight excluding hydrogens is 588 g/mol. The summed E-state index contributed by atoms with van der Waals surface area (Å²) in [5, 5.41) is 24.6. The van der Waals surface area contributed by atoms with Gasteiger partial charge in [0.1, 0.15) is 0 Å². The van der Waals surface area contributed by atoms with Crippen LogP contribution in [0.15, 0.2) is 72.8 Å². The van der Waals surface area contributed by atoms with Crippen LogP contribution in [0.5, 0.6) is 0 Å². The number of ether oxygens (including phenoxy) is 2. The standard InChI is InChI=1S/C19H16N2O6.C11H12N2O4.CH4/c22-17-13-5-1-2-6-14(13)18(23)20(17)10-9-19(26-11-12-27-19)15-7-3-4-8-16(15)21(24)25;1-8(14)12-7-6-11(15)9-4-2-3-5-10(9)13(16)17;/h1-8H,9-12H2;2-5H,6-7H2,1H3,(H,12,14);1H4. The van der Waals surface area contributed by atoms with Gasteiger partial charge in [0.2, 0.25) is 11.7 Å². The number of hydrogen-bond donors (Lipinski definition) is 1. The van der Waals surface area contributed by atoms with Crippen LogP contribution in [-0.2, 0) is 20.1 Å². The Balaban J connectivity index is 0.000000267. The van der Waals surface area contributed by atoms with Gasteiger partial charge in [0, 0.05) is 45.0 Å².